The second-order valence-electron chi connectivity index (χ2n) is 5.18. The Balaban J connectivity index is 2.07. The Morgan fingerprint density at radius 1 is 1.20 bits per heavy atom. The van der Waals surface area contributed by atoms with Crippen molar-refractivity contribution < 1.29 is 18.5 Å². The van der Waals surface area contributed by atoms with E-state index >= 15 is 0 Å². The van der Waals surface area contributed by atoms with Crippen molar-refractivity contribution in [2.75, 3.05) is 11.1 Å². The van der Waals surface area contributed by atoms with Crippen LogP contribution in [0.1, 0.15) is 24.2 Å². The molecule has 0 heterocycles. The van der Waals surface area contributed by atoms with E-state index in [-0.39, 0.29) is 5.56 Å². The Kier molecular flexibility index (Phi) is 6.73. The minimum Gasteiger partial charge on any atom is -0.449 e. The molecule has 2 aromatic rings. The predicted octanol–water partition coefficient (Wildman–Crippen LogP) is 3.65. The van der Waals surface area contributed by atoms with Crippen molar-refractivity contribution in [1.82, 2.24) is 0 Å². The zero-order valence-corrected chi connectivity index (χ0v) is 15.4. The first-order valence-electron chi connectivity index (χ1n) is 7.67. The molecule has 7 heteroatoms. The van der Waals surface area contributed by atoms with Crippen molar-refractivity contribution in [3.05, 3.63) is 59.1 Å². The van der Waals surface area contributed by atoms with E-state index in [1.807, 2.05) is 0 Å². The molecule has 0 spiro atoms. The van der Waals surface area contributed by atoms with Crippen LogP contribution >= 0.6 is 11.6 Å². The summed E-state index contributed by atoms with van der Waals surface area (Å²) in [6.07, 6.45) is -1.02. The summed E-state index contributed by atoms with van der Waals surface area (Å²) in [4.78, 5) is 24.9. The van der Waals surface area contributed by atoms with E-state index in [9.17, 15) is 13.8 Å². The van der Waals surface area contributed by atoms with Gasteiger partial charge in [-0.05, 0) is 37.3 Å². The summed E-state index contributed by atoms with van der Waals surface area (Å²) >= 11 is 5.87. The van der Waals surface area contributed by atoms with E-state index < -0.39 is 28.8 Å². The topological polar surface area (TPSA) is 72.5 Å². The number of carbonyl (C=O) groups excluding carboxylic acids is 2. The van der Waals surface area contributed by atoms with Crippen LogP contribution in [0.15, 0.2) is 53.4 Å². The van der Waals surface area contributed by atoms with Crippen molar-refractivity contribution in [1.29, 1.82) is 0 Å². The fraction of sp³-hybridized carbons (Fsp3) is 0.222. The smallest absolute Gasteiger partial charge is 0.340 e. The zero-order valence-electron chi connectivity index (χ0n) is 13.8. The van der Waals surface area contributed by atoms with Gasteiger partial charge in [0.2, 0.25) is 0 Å². The molecule has 0 aliphatic heterocycles. The lowest BCUT2D eigenvalue weighted by Crippen LogP contribution is -2.30. The summed E-state index contributed by atoms with van der Waals surface area (Å²) in [5, 5.41) is 3.11. The largest absolute Gasteiger partial charge is 0.449 e. The number of nitrogens with one attached hydrogen (secondary N) is 1. The Labute approximate surface area is 153 Å². The molecule has 0 saturated carbocycles. The van der Waals surface area contributed by atoms with E-state index in [2.05, 4.69) is 5.32 Å². The van der Waals surface area contributed by atoms with Gasteiger partial charge in [-0.25, -0.2) is 4.79 Å². The van der Waals surface area contributed by atoms with Gasteiger partial charge in [-0.2, -0.15) is 0 Å². The van der Waals surface area contributed by atoms with Crippen LogP contribution in [0.3, 0.4) is 0 Å². The van der Waals surface area contributed by atoms with Crippen molar-refractivity contribution in [3.63, 3.8) is 0 Å². The number of benzene rings is 2. The standard InChI is InChI=1S/C18H18ClNO4S/c1-3-25(23)16-10-5-4-9-15(16)18(22)24-12(2)17(21)20-14-8-6-7-13(19)11-14/h4-12H,3H2,1-2H3,(H,20,21)/t12-,25+/m0/s1. The molecular weight excluding hydrogens is 362 g/mol. The van der Waals surface area contributed by atoms with Gasteiger partial charge in [-0.3, -0.25) is 9.00 Å². The monoisotopic (exact) mass is 379 g/mol. The Morgan fingerprint density at radius 3 is 2.60 bits per heavy atom. The third-order valence-electron chi connectivity index (χ3n) is 3.36. The summed E-state index contributed by atoms with van der Waals surface area (Å²) in [6.45, 7) is 3.23. The van der Waals surface area contributed by atoms with E-state index in [1.165, 1.54) is 13.0 Å². The molecule has 5 nitrogen and oxygen atoms in total. The summed E-state index contributed by atoms with van der Waals surface area (Å²) in [5.74, 6) is -0.786. The van der Waals surface area contributed by atoms with E-state index in [4.69, 9.17) is 16.3 Å². The highest BCUT2D eigenvalue weighted by molar-refractivity contribution is 7.85. The molecule has 0 saturated heterocycles. The number of amides is 1. The molecule has 0 bridgehead atoms. The van der Waals surface area contributed by atoms with Gasteiger partial charge < -0.3 is 10.1 Å². The van der Waals surface area contributed by atoms with Gasteiger partial charge in [0.25, 0.3) is 5.91 Å². The normalized spacial score (nSPS) is 12.9. The number of halogens is 1. The van der Waals surface area contributed by atoms with E-state index in [0.29, 0.717) is 21.4 Å². The second-order valence-corrected chi connectivity index (χ2v) is 7.32. The number of esters is 1. The van der Waals surface area contributed by atoms with Crippen molar-refractivity contribution in [2.45, 2.75) is 24.8 Å². The molecule has 25 heavy (non-hydrogen) atoms. The lowest BCUT2D eigenvalue weighted by Gasteiger charge is -2.15. The van der Waals surface area contributed by atoms with Crippen LogP contribution in [0.2, 0.25) is 5.02 Å². The van der Waals surface area contributed by atoms with Crippen LogP contribution < -0.4 is 5.32 Å². The minimum atomic E-state index is -1.30. The SMILES string of the molecule is CC[S@@](=O)c1ccccc1C(=O)O[C@@H](C)C(=O)Nc1cccc(Cl)c1. The highest BCUT2D eigenvalue weighted by Gasteiger charge is 2.22. The van der Waals surface area contributed by atoms with Crippen LogP contribution in [0.4, 0.5) is 5.69 Å². The molecule has 0 radical (unpaired) electrons. The van der Waals surface area contributed by atoms with Gasteiger partial charge in [-0.15, -0.1) is 0 Å². The van der Waals surface area contributed by atoms with Gasteiger partial charge in [-0.1, -0.05) is 36.7 Å². The number of hydrogen-bond acceptors (Lipinski definition) is 4. The van der Waals surface area contributed by atoms with Crippen LogP contribution in [0.25, 0.3) is 0 Å². The van der Waals surface area contributed by atoms with Gasteiger partial charge >= 0.3 is 5.97 Å². The number of carbonyl (C=O) groups is 2. The molecule has 0 aliphatic rings. The molecule has 2 aromatic carbocycles. The molecule has 2 atom stereocenters. The molecule has 1 N–H and O–H groups in total. The van der Waals surface area contributed by atoms with Crippen LogP contribution in [-0.2, 0) is 20.3 Å². The van der Waals surface area contributed by atoms with Crippen molar-refractivity contribution in [3.8, 4) is 0 Å². The zero-order chi connectivity index (χ0) is 18.4. The lowest BCUT2D eigenvalue weighted by molar-refractivity contribution is -0.123. The van der Waals surface area contributed by atoms with E-state index in [1.54, 1.807) is 49.4 Å². The fourth-order valence-corrected chi connectivity index (χ4v) is 3.21. The number of ether oxygens (including phenoxy) is 1. The Bertz CT molecular complexity index is 809. The summed E-state index contributed by atoms with van der Waals surface area (Å²) in [7, 11) is -1.30. The maximum atomic E-state index is 12.3. The maximum Gasteiger partial charge on any atom is 0.340 e. The van der Waals surface area contributed by atoms with Crippen LogP contribution in [0, 0.1) is 0 Å². The van der Waals surface area contributed by atoms with Crippen LogP contribution in [0.5, 0.6) is 0 Å². The third kappa shape index (κ3) is 5.14. The molecule has 0 aliphatic carbocycles. The van der Waals surface area contributed by atoms with E-state index in [0.717, 1.165) is 0 Å². The van der Waals surface area contributed by atoms with Gasteiger partial charge in [0.1, 0.15) is 0 Å². The van der Waals surface area contributed by atoms with Crippen molar-refractivity contribution >= 4 is 40.0 Å². The van der Waals surface area contributed by atoms with Crippen LogP contribution in [-0.4, -0.2) is 27.9 Å². The predicted molar refractivity (Wildman–Crippen MR) is 98.4 cm³/mol. The molecule has 1 amide bonds. The average Bonchev–Trinajstić information content (AvgIpc) is 2.60. The highest BCUT2D eigenvalue weighted by Crippen LogP contribution is 2.17. The number of rotatable bonds is 6. The first kappa shape index (κ1) is 19.1. The Morgan fingerprint density at radius 2 is 1.92 bits per heavy atom. The summed E-state index contributed by atoms with van der Waals surface area (Å²) < 4.78 is 17.3. The molecular formula is C18H18ClNO4S. The first-order valence-corrected chi connectivity index (χ1v) is 9.37. The summed E-state index contributed by atoms with van der Waals surface area (Å²) in [6, 6.07) is 13.2. The second kappa shape index (κ2) is 8.78. The molecule has 0 unspecified atom stereocenters. The molecule has 2 rings (SSSR count). The summed E-state index contributed by atoms with van der Waals surface area (Å²) in [5.41, 5.74) is 0.706. The minimum absolute atomic E-state index is 0.199. The quantitative estimate of drug-likeness (QED) is 0.777. The average molecular weight is 380 g/mol. The van der Waals surface area contributed by atoms with Crippen molar-refractivity contribution in [2.24, 2.45) is 0 Å². The number of anilines is 1. The van der Waals surface area contributed by atoms with Gasteiger partial charge in [0.15, 0.2) is 6.10 Å². The lowest BCUT2D eigenvalue weighted by atomic mass is 10.2. The maximum absolute atomic E-state index is 12.3. The third-order valence-corrected chi connectivity index (χ3v) is 4.97. The van der Waals surface area contributed by atoms with Gasteiger partial charge in [0, 0.05) is 16.5 Å². The van der Waals surface area contributed by atoms with Gasteiger partial charge in [0.05, 0.1) is 21.3 Å². The highest BCUT2D eigenvalue weighted by atomic mass is 35.5. The fourth-order valence-electron chi connectivity index (χ4n) is 2.08. The first-order chi connectivity index (χ1) is 11.9. The Hall–Kier alpha value is -2.18. The number of hydrogen-bond donors (Lipinski definition) is 1. The molecule has 0 fully saturated rings. The molecule has 132 valence electrons. The molecule has 0 aromatic heterocycles.